The van der Waals surface area contributed by atoms with Crippen molar-refractivity contribution < 1.29 is 4.74 Å². The standard InChI is InChI=1S/C25H42N4O.HI/c1-5-26-25(29-15-14-21(19-29)18-28(6-2)7-3)27-17-23-9-8-16-30-24(23)22-12-10-20(4)11-13-22;/h10-13,21,23-24H,5-9,14-19H2,1-4H3,(H,26,27);1H. The Morgan fingerprint density at radius 2 is 1.90 bits per heavy atom. The highest BCUT2D eigenvalue weighted by atomic mass is 127. The quantitative estimate of drug-likeness (QED) is 0.294. The lowest BCUT2D eigenvalue weighted by molar-refractivity contribution is -0.0250. The molecule has 1 aromatic carbocycles. The van der Waals surface area contributed by atoms with Crippen molar-refractivity contribution in [2.45, 2.75) is 53.1 Å². The molecule has 0 radical (unpaired) electrons. The van der Waals surface area contributed by atoms with Crippen LogP contribution in [-0.4, -0.2) is 68.2 Å². The Kier molecular flexibility index (Phi) is 11.6. The molecule has 5 nitrogen and oxygen atoms in total. The molecular formula is C25H43IN4O. The van der Waals surface area contributed by atoms with Crippen molar-refractivity contribution in [3.8, 4) is 0 Å². The number of hydrogen-bond donors (Lipinski definition) is 1. The van der Waals surface area contributed by atoms with Crippen molar-refractivity contribution in [2.75, 3.05) is 52.4 Å². The van der Waals surface area contributed by atoms with E-state index in [1.807, 2.05) is 0 Å². The van der Waals surface area contributed by atoms with Gasteiger partial charge in [0.25, 0.3) is 0 Å². The molecule has 3 atom stereocenters. The van der Waals surface area contributed by atoms with Gasteiger partial charge in [-0.3, -0.25) is 4.99 Å². The van der Waals surface area contributed by atoms with Crippen LogP contribution in [0.5, 0.6) is 0 Å². The normalized spacial score (nSPS) is 24.4. The Morgan fingerprint density at radius 1 is 1.16 bits per heavy atom. The SMILES string of the molecule is CCNC(=NCC1CCCOC1c1ccc(C)cc1)N1CCC(CN(CC)CC)C1.I. The summed E-state index contributed by atoms with van der Waals surface area (Å²) in [5.74, 6) is 2.28. The van der Waals surface area contributed by atoms with Gasteiger partial charge in [0, 0.05) is 45.2 Å². The average Bonchev–Trinajstić information content (AvgIpc) is 3.24. The minimum Gasteiger partial charge on any atom is -0.373 e. The number of halogens is 1. The second-order valence-electron chi connectivity index (χ2n) is 8.89. The minimum atomic E-state index is 0. The molecule has 0 amide bonds. The van der Waals surface area contributed by atoms with Crippen molar-refractivity contribution in [1.82, 2.24) is 15.1 Å². The van der Waals surface area contributed by atoms with Crippen molar-refractivity contribution in [3.63, 3.8) is 0 Å². The highest BCUT2D eigenvalue weighted by Crippen LogP contribution is 2.34. The molecule has 0 aliphatic carbocycles. The van der Waals surface area contributed by atoms with Crippen LogP contribution < -0.4 is 5.32 Å². The molecule has 2 heterocycles. The zero-order valence-corrected chi connectivity index (χ0v) is 22.3. The number of likely N-dealkylation sites (tertiary alicyclic amines) is 1. The van der Waals surface area contributed by atoms with E-state index in [1.165, 1.54) is 30.5 Å². The zero-order chi connectivity index (χ0) is 21.3. The predicted molar refractivity (Wildman–Crippen MR) is 141 cm³/mol. The Hall–Kier alpha value is -0.860. The van der Waals surface area contributed by atoms with E-state index in [4.69, 9.17) is 9.73 Å². The number of aryl methyl sites for hydroxylation is 1. The highest BCUT2D eigenvalue weighted by molar-refractivity contribution is 14.0. The second kappa shape index (κ2) is 13.6. The van der Waals surface area contributed by atoms with E-state index < -0.39 is 0 Å². The van der Waals surface area contributed by atoms with Crippen LogP contribution in [0, 0.1) is 18.8 Å². The van der Waals surface area contributed by atoms with Gasteiger partial charge in [-0.1, -0.05) is 43.7 Å². The lowest BCUT2D eigenvalue weighted by Gasteiger charge is -2.32. The molecule has 176 valence electrons. The number of benzene rings is 1. The van der Waals surface area contributed by atoms with Gasteiger partial charge in [-0.05, 0) is 57.7 Å². The van der Waals surface area contributed by atoms with Crippen LogP contribution in [0.2, 0.25) is 0 Å². The van der Waals surface area contributed by atoms with Gasteiger partial charge in [-0.25, -0.2) is 0 Å². The third kappa shape index (κ3) is 7.60. The Morgan fingerprint density at radius 3 is 2.58 bits per heavy atom. The summed E-state index contributed by atoms with van der Waals surface area (Å²) in [7, 11) is 0. The maximum atomic E-state index is 6.21. The summed E-state index contributed by atoms with van der Waals surface area (Å²) in [6, 6.07) is 8.84. The lowest BCUT2D eigenvalue weighted by Crippen LogP contribution is -2.41. The largest absolute Gasteiger partial charge is 0.373 e. The molecule has 3 unspecified atom stereocenters. The average molecular weight is 543 g/mol. The fraction of sp³-hybridized carbons (Fsp3) is 0.720. The van der Waals surface area contributed by atoms with Crippen LogP contribution in [0.1, 0.15) is 57.3 Å². The Balaban J connectivity index is 0.00000341. The smallest absolute Gasteiger partial charge is 0.193 e. The summed E-state index contributed by atoms with van der Waals surface area (Å²) in [6.45, 7) is 17.1. The van der Waals surface area contributed by atoms with Crippen LogP contribution in [0.15, 0.2) is 29.3 Å². The van der Waals surface area contributed by atoms with Gasteiger partial charge < -0.3 is 19.9 Å². The van der Waals surface area contributed by atoms with E-state index in [-0.39, 0.29) is 30.1 Å². The van der Waals surface area contributed by atoms with E-state index in [1.54, 1.807) is 0 Å². The molecule has 0 saturated carbocycles. The predicted octanol–water partition coefficient (Wildman–Crippen LogP) is 4.71. The van der Waals surface area contributed by atoms with E-state index in [0.29, 0.717) is 5.92 Å². The van der Waals surface area contributed by atoms with Gasteiger partial charge in [0.05, 0.1) is 6.10 Å². The van der Waals surface area contributed by atoms with Crippen LogP contribution in [0.25, 0.3) is 0 Å². The minimum absolute atomic E-state index is 0. The van der Waals surface area contributed by atoms with E-state index in [2.05, 4.69) is 67.1 Å². The van der Waals surface area contributed by atoms with Crippen molar-refractivity contribution in [1.29, 1.82) is 0 Å². The molecule has 0 aromatic heterocycles. The van der Waals surface area contributed by atoms with Crippen LogP contribution in [0.4, 0.5) is 0 Å². The van der Waals surface area contributed by atoms with Gasteiger partial charge in [0.1, 0.15) is 0 Å². The maximum absolute atomic E-state index is 6.21. The molecule has 2 fully saturated rings. The van der Waals surface area contributed by atoms with Crippen molar-refractivity contribution >= 4 is 29.9 Å². The number of nitrogens with zero attached hydrogens (tertiary/aromatic N) is 3. The number of nitrogens with one attached hydrogen (secondary N) is 1. The van der Waals surface area contributed by atoms with Gasteiger partial charge in [0.2, 0.25) is 0 Å². The summed E-state index contributed by atoms with van der Waals surface area (Å²) in [5, 5.41) is 3.55. The molecule has 2 aliphatic rings. The Bertz CT molecular complexity index is 662. The molecule has 6 heteroatoms. The summed E-state index contributed by atoms with van der Waals surface area (Å²) in [4.78, 5) is 10.1. The van der Waals surface area contributed by atoms with Crippen LogP contribution in [-0.2, 0) is 4.74 Å². The number of guanidine groups is 1. The molecular weight excluding hydrogens is 499 g/mol. The summed E-state index contributed by atoms with van der Waals surface area (Å²) in [5.41, 5.74) is 2.60. The summed E-state index contributed by atoms with van der Waals surface area (Å²) >= 11 is 0. The van der Waals surface area contributed by atoms with Gasteiger partial charge in [-0.15, -0.1) is 24.0 Å². The molecule has 0 bridgehead atoms. The molecule has 31 heavy (non-hydrogen) atoms. The molecule has 1 aromatic rings. The van der Waals surface area contributed by atoms with Gasteiger partial charge in [0.15, 0.2) is 5.96 Å². The topological polar surface area (TPSA) is 40.1 Å². The first-order valence-corrected chi connectivity index (χ1v) is 12.1. The van der Waals surface area contributed by atoms with E-state index in [0.717, 1.165) is 64.2 Å². The van der Waals surface area contributed by atoms with Crippen molar-refractivity contribution in [3.05, 3.63) is 35.4 Å². The van der Waals surface area contributed by atoms with Gasteiger partial charge >= 0.3 is 0 Å². The monoisotopic (exact) mass is 542 g/mol. The number of rotatable bonds is 8. The number of aliphatic imine (C=N–C) groups is 1. The fourth-order valence-corrected chi connectivity index (χ4v) is 4.81. The third-order valence-corrected chi connectivity index (χ3v) is 6.66. The fourth-order valence-electron chi connectivity index (χ4n) is 4.81. The first-order chi connectivity index (χ1) is 14.6. The molecule has 3 rings (SSSR count). The van der Waals surface area contributed by atoms with E-state index >= 15 is 0 Å². The number of ether oxygens (including phenoxy) is 1. The second-order valence-corrected chi connectivity index (χ2v) is 8.89. The van der Waals surface area contributed by atoms with Crippen LogP contribution in [0.3, 0.4) is 0 Å². The first kappa shape index (κ1) is 26.4. The van der Waals surface area contributed by atoms with Crippen molar-refractivity contribution in [2.24, 2.45) is 16.8 Å². The zero-order valence-electron chi connectivity index (χ0n) is 20.0. The van der Waals surface area contributed by atoms with E-state index in [9.17, 15) is 0 Å². The summed E-state index contributed by atoms with van der Waals surface area (Å²) < 4.78 is 6.21. The molecule has 2 aliphatic heterocycles. The van der Waals surface area contributed by atoms with Crippen LogP contribution >= 0.6 is 24.0 Å². The van der Waals surface area contributed by atoms with Gasteiger partial charge in [-0.2, -0.15) is 0 Å². The highest BCUT2D eigenvalue weighted by Gasteiger charge is 2.29. The molecule has 2 saturated heterocycles. The first-order valence-electron chi connectivity index (χ1n) is 12.1. The maximum Gasteiger partial charge on any atom is 0.193 e. The third-order valence-electron chi connectivity index (χ3n) is 6.66. The lowest BCUT2D eigenvalue weighted by atomic mass is 9.89. The summed E-state index contributed by atoms with van der Waals surface area (Å²) in [6.07, 6.45) is 3.75. The molecule has 1 N–H and O–H groups in total. The molecule has 0 spiro atoms. The Labute approximate surface area is 207 Å². The number of hydrogen-bond acceptors (Lipinski definition) is 3.